The highest BCUT2D eigenvalue weighted by atomic mass is 32.1. The lowest BCUT2D eigenvalue weighted by atomic mass is 9.87. The van der Waals surface area contributed by atoms with Gasteiger partial charge < -0.3 is 14.6 Å². The average molecular weight is 372 g/mol. The summed E-state index contributed by atoms with van der Waals surface area (Å²) < 4.78 is 5.50. The summed E-state index contributed by atoms with van der Waals surface area (Å²) in [6.45, 7) is 4.07. The Morgan fingerprint density at radius 1 is 1.31 bits per heavy atom. The van der Waals surface area contributed by atoms with Crippen LogP contribution < -0.4 is 5.32 Å². The van der Waals surface area contributed by atoms with Gasteiger partial charge in [0.15, 0.2) is 0 Å². The van der Waals surface area contributed by atoms with Crippen molar-refractivity contribution in [1.29, 1.82) is 0 Å². The predicted octanol–water partition coefficient (Wildman–Crippen LogP) is 3.31. The molecule has 1 fully saturated rings. The van der Waals surface area contributed by atoms with E-state index in [0.717, 1.165) is 61.6 Å². The number of hydrogen-bond donors (Lipinski definition) is 1. The molecule has 1 saturated heterocycles. The molecule has 5 nitrogen and oxygen atoms in total. The first-order valence-corrected chi connectivity index (χ1v) is 10.2. The van der Waals surface area contributed by atoms with Gasteiger partial charge in [-0.3, -0.25) is 9.59 Å². The fraction of sp³-hybridized carbons (Fsp3) is 0.500. The highest BCUT2D eigenvalue weighted by Crippen LogP contribution is 2.33. The molecule has 0 unspecified atom stereocenters. The van der Waals surface area contributed by atoms with Crippen LogP contribution in [0.5, 0.6) is 0 Å². The van der Waals surface area contributed by atoms with E-state index in [0.29, 0.717) is 6.54 Å². The van der Waals surface area contributed by atoms with Gasteiger partial charge in [0.25, 0.3) is 5.91 Å². The number of likely N-dealkylation sites (tertiary alicyclic amines) is 1. The number of thiophene rings is 1. The Balaban J connectivity index is 1.37. The van der Waals surface area contributed by atoms with Crippen molar-refractivity contribution < 1.29 is 14.0 Å². The van der Waals surface area contributed by atoms with E-state index < -0.39 is 0 Å². The number of amides is 2. The third kappa shape index (κ3) is 3.56. The van der Waals surface area contributed by atoms with Gasteiger partial charge in [-0.2, -0.15) is 0 Å². The summed E-state index contributed by atoms with van der Waals surface area (Å²) in [4.78, 5) is 29.2. The molecule has 2 amide bonds. The van der Waals surface area contributed by atoms with Crippen LogP contribution in [0.15, 0.2) is 22.6 Å². The molecule has 2 aromatic rings. The van der Waals surface area contributed by atoms with Gasteiger partial charge in [0.1, 0.15) is 11.5 Å². The van der Waals surface area contributed by atoms with E-state index >= 15 is 0 Å². The van der Waals surface area contributed by atoms with Gasteiger partial charge in [-0.15, -0.1) is 11.3 Å². The highest BCUT2D eigenvalue weighted by molar-refractivity contribution is 7.14. The molecule has 6 heteroatoms. The van der Waals surface area contributed by atoms with Crippen LogP contribution >= 0.6 is 11.3 Å². The fourth-order valence-electron chi connectivity index (χ4n) is 3.83. The number of hydrogen-bond acceptors (Lipinski definition) is 4. The van der Waals surface area contributed by atoms with E-state index in [-0.39, 0.29) is 17.7 Å². The molecule has 1 aliphatic heterocycles. The van der Waals surface area contributed by atoms with Crippen LogP contribution in [-0.2, 0) is 24.2 Å². The van der Waals surface area contributed by atoms with Crippen LogP contribution in [0.3, 0.4) is 0 Å². The zero-order valence-electron chi connectivity index (χ0n) is 15.0. The molecule has 1 N–H and O–H groups in total. The van der Waals surface area contributed by atoms with Crippen molar-refractivity contribution in [2.24, 2.45) is 5.92 Å². The van der Waals surface area contributed by atoms with Gasteiger partial charge in [0.05, 0.1) is 11.4 Å². The molecular weight excluding hydrogens is 348 g/mol. The van der Waals surface area contributed by atoms with Crippen LogP contribution in [0.1, 0.15) is 50.9 Å². The number of rotatable bonds is 4. The highest BCUT2D eigenvalue weighted by Gasteiger charge is 2.29. The van der Waals surface area contributed by atoms with E-state index in [1.54, 1.807) is 11.3 Å². The van der Waals surface area contributed by atoms with E-state index in [1.807, 2.05) is 30.0 Å². The van der Waals surface area contributed by atoms with Gasteiger partial charge in [-0.05, 0) is 62.8 Å². The van der Waals surface area contributed by atoms with Crippen molar-refractivity contribution in [3.05, 3.63) is 45.0 Å². The Hall–Kier alpha value is -2.08. The summed E-state index contributed by atoms with van der Waals surface area (Å²) >= 11 is 1.62. The van der Waals surface area contributed by atoms with Crippen LogP contribution in [0.4, 0.5) is 0 Å². The number of nitrogens with zero attached hydrogens (tertiary/aromatic N) is 1. The zero-order valence-corrected chi connectivity index (χ0v) is 15.9. The first-order chi connectivity index (χ1) is 12.6. The Morgan fingerprint density at radius 3 is 2.85 bits per heavy atom. The molecule has 4 rings (SSSR count). The summed E-state index contributed by atoms with van der Waals surface area (Å²) in [6.07, 6.45) is 4.66. The number of fused-ring (bicyclic) bond motifs is 1. The maximum Gasteiger partial charge on any atom is 0.263 e. The van der Waals surface area contributed by atoms with Crippen molar-refractivity contribution in [2.45, 2.75) is 45.6 Å². The largest absolute Gasteiger partial charge is 0.465 e. The SMILES string of the molecule is Cc1ccc(CNC(=O)[C@H]2CCc3sc(C(=O)N4CCCC4)cc3C2)o1. The third-order valence-electron chi connectivity index (χ3n) is 5.29. The van der Waals surface area contributed by atoms with Gasteiger partial charge >= 0.3 is 0 Å². The molecule has 0 aromatic carbocycles. The lowest BCUT2D eigenvalue weighted by Gasteiger charge is -2.21. The number of furan rings is 1. The number of carbonyl (C=O) groups is 2. The van der Waals surface area contributed by atoms with E-state index in [4.69, 9.17) is 4.42 Å². The normalized spacial score (nSPS) is 19.4. The second-order valence-electron chi connectivity index (χ2n) is 7.23. The molecule has 1 aliphatic carbocycles. The molecule has 2 aliphatic rings. The van der Waals surface area contributed by atoms with Crippen molar-refractivity contribution in [3.63, 3.8) is 0 Å². The molecule has 138 valence electrons. The van der Waals surface area contributed by atoms with Crippen molar-refractivity contribution in [2.75, 3.05) is 13.1 Å². The van der Waals surface area contributed by atoms with Crippen LogP contribution in [0.2, 0.25) is 0 Å². The average Bonchev–Trinajstić information content (AvgIpc) is 3.38. The van der Waals surface area contributed by atoms with E-state index in [1.165, 1.54) is 10.4 Å². The minimum Gasteiger partial charge on any atom is -0.465 e. The Labute approximate surface area is 157 Å². The Bertz CT molecular complexity index is 817. The van der Waals surface area contributed by atoms with Gasteiger partial charge in [-0.1, -0.05) is 0 Å². The summed E-state index contributed by atoms with van der Waals surface area (Å²) in [5.41, 5.74) is 1.18. The monoisotopic (exact) mass is 372 g/mol. The summed E-state index contributed by atoms with van der Waals surface area (Å²) in [6, 6.07) is 5.82. The number of carbonyl (C=O) groups excluding carboxylic acids is 2. The molecule has 0 spiro atoms. The minimum atomic E-state index is -0.0251. The smallest absolute Gasteiger partial charge is 0.263 e. The first-order valence-electron chi connectivity index (χ1n) is 9.34. The summed E-state index contributed by atoms with van der Waals surface area (Å²) in [5.74, 6) is 1.84. The molecule has 0 bridgehead atoms. The summed E-state index contributed by atoms with van der Waals surface area (Å²) in [7, 11) is 0. The molecule has 1 atom stereocenters. The summed E-state index contributed by atoms with van der Waals surface area (Å²) in [5, 5.41) is 2.98. The van der Waals surface area contributed by atoms with Crippen molar-refractivity contribution >= 4 is 23.2 Å². The standard InChI is InChI=1S/C20H24N2O3S/c1-13-4-6-16(25-13)12-21-19(23)14-5-7-17-15(10-14)11-18(26-17)20(24)22-8-2-3-9-22/h4,6,11,14H,2-3,5,7-10,12H2,1H3,(H,21,23)/t14-/m0/s1. The molecule has 0 radical (unpaired) electrons. The number of nitrogens with one attached hydrogen (secondary N) is 1. The third-order valence-corrected chi connectivity index (χ3v) is 6.52. The maximum absolute atomic E-state index is 12.6. The van der Waals surface area contributed by atoms with Gasteiger partial charge in [0, 0.05) is 23.9 Å². The molecule has 0 saturated carbocycles. The predicted molar refractivity (Wildman–Crippen MR) is 100 cm³/mol. The quantitative estimate of drug-likeness (QED) is 0.896. The zero-order chi connectivity index (χ0) is 18.1. The van der Waals surface area contributed by atoms with Gasteiger partial charge in [0.2, 0.25) is 5.91 Å². The molecular formula is C20H24N2O3S. The van der Waals surface area contributed by atoms with Gasteiger partial charge in [-0.25, -0.2) is 0 Å². The fourth-order valence-corrected chi connectivity index (χ4v) is 5.00. The second kappa shape index (κ2) is 7.27. The lowest BCUT2D eigenvalue weighted by molar-refractivity contribution is -0.125. The van der Waals surface area contributed by atoms with Crippen LogP contribution in [0.25, 0.3) is 0 Å². The maximum atomic E-state index is 12.6. The number of aryl methyl sites for hydroxylation is 2. The molecule has 26 heavy (non-hydrogen) atoms. The van der Waals surface area contributed by atoms with Crippen LogP contribution in [0, 0.1) is 12.8 Å². The van der Waals surface area contributed by atoms with Crippen LogP contribution in [-0.4, -0.2) is 29.8 Å². The van der Waals surface area contributed by atoms with E-state index in [9.17, 15) is 9.59 Å². The first kappa shape index (κ1) is 17.3. The second-order valence-corrected chi connectivity index (χ2v) is 8.37. The van der Waals surface area contributed by atoms with Crippen molar-refractivity contribution in [3.8, 4) is 0 Å². The minimum absolute atomic E-state index is 0.0251. The topological polar surface area (TPSA) is 62.6 Å². The molecule has 3 heterocycles. The molecule has 2 aromatic heterocycles. The Morgan fingerprint density at radius 2 is 2.12 bits per heavy atom. The Kier molecular flexibility index (Phi) is 4.85. The van der Waals surface area contributed by atoms with E-state index in [2.05, 4.69) is 5.32 Å². The lowest BCUT2D eigenvalue weighted by Crippen LogP contribution is -2.33. The van der Waals surface area contributed by atoms with Crippen molar-refractivity contribution in [1.82, 2.24) is 10.2 Å².